The van der Waals surface area contributed by atoms with E-state index >= 15 is 0 Å². The molecule has 3 N–H and O–H groups in total. The predicted octanol–water partition coefficient (Wildman–Crippen LogP) is 1.96. The zero-order chi connectivity index (χ0) is 15.6. The van der Waals surface area contributed by atoms with Crippen molar-refractivity contribution in [3.8, 4) is 0 Å². The molecule has 2 saturated carbocycles. The normalized spacial score (nSPS) is 35.5. The number of carbonyl (C=O) groups excluding carboxylic acids is 1. The van der Waals surface area contributed by atoms with Gasteiger partial charge in [0.1, 0.15) is 0 Å². The van der Waals surface area contributed by atoms with E-state index in [1.165, 1.54) is 25.7 Å². The first kappa shape index (κ1) is 15.8. The quantitative estimate of drug-likeness (QED) is 0.680. The molecule has 0 radical (unpaired) electrons. The van der Waals surface area contributed by atoms with Gasteiger partial charge in [0.15, 0.2) is 0 Å². The Morgan fingerprint density at radius 3 is 2.68 bits per heavy atom. The third-order valence-corrected chi connectivity index (χ3v) is 5.72. The lowest BCUT2D eigenvalue weighted by atomic mass is 9.60. The number of nitrogens with one attached hydrogen (secondary N) is 2. The summed E-state index contributed by atoms with van der Waals surface area (Å²) in [7, 11) is 0. The zero-order valence-electron chi connectivity index (χ0n) is 13.4. The lowest BCUT2D eigenvalue weighted by Gasteiger charge is -2.54. The average molecular weight is 308 g/mol. The molecule has 3 aliphatic carbocycles. The lowest BCUT2D eigenvalue weighted by Crippen LogP contribution is -2.65. The number of aliphatic hydroxyl groups is 1. The van der Waals surface area contributed by atoms with Gasteiger partial charge < -0.3 is 20.5 Å². The SMILES string of the molecule is CCOC1CC(NC(=O)N[C@@H]2C=C[C@H](CO)C2)C12CCCC2. The number of ether oxygens (including phenoxy) is 1. The van der Waals surface area contributed by atoms with Crippen molar-refractivity contribution in [2.75, 3.05) is 13.2 Å². The Balaban J connectivity index is 1.51. The van der Waals surface area contributed by atoms with Crippen molar-refractivity contribution in [3.05, 3.63) is 12.2 Å². The number of urea groups is 1. The van der Waals surface area contributed by atoms with Crippen LogP contribution in [-0.2, 0) is 4.74 Å². The molecule has 4 atom stereocenters. The number of hydrogen-bond donors (Lipinski definition) is 3. The standard InChI is InChI=1S/C17H28N2O3/c1-2-22-15-10-14(17(15)7-3-4-8-17)19-16(21)18-13-6-5-12(9-13)11-20/h5-6,12-15,20H,2-4,7-11H2,1H3,(H2,18,19,21)/t12-,13+,14?,15?/m0/s1. The minimum Gasteiger partial charge on any atom is -0.396 e. The second-order valence-electron chi connectivity index (χ2n) is 6.96. The highest BCUT2D eigenvalue weighted by Gasteiger charge is 2.57. The Hall–Kier alpha value is -1.07. The molecule has 0 aromatic heterocycles. The molecule has 22 heavy (non-hydrogen) atoms. The van der Waals surface area contributed by atoms with E-state index < -0.39 is 0 Å². The Morgan fingerprint density at radius 2 is 2.05 bits per heavy atom. The van der Waals surface area contributed by atoms with Gasteiger partial charge in [-0.1, -0.05) is 25.0 Å². The van der Waals surface area contributed by atoms with Crippen molar-refractivity contribution in [3.63, 3.8) is 0 Å². The average Bonchev–Trinajstić information content (AvgIpc) is 3.16. The summed E-state index contributed by atoms with van der Waals surface area (Å²) in [6.45, 7) is 2.94. The summed E-state index contributed by atoms with van der Waals surface area (Å²) in [6.07, 6.45) is 10.8. The molecule has 0 aliphatic heterocycles. The fourth-order valence-electron chi connectivity index (χ4n) is 4.47. The monoisotopic (exact) mass is 308 g/mol. The molecule has 5 nitrogen and oxygen atoms in total. The summed E-state index contributed by atoms with van der Waals surface area (Å²) >= 11 is 0. The third kappa shape index (κ3) is 2.88. The van der Waals surface area contributed by atoms with E-state index in [4.69, 9.17) is 9.84 Å². The van der Waals surface area contributed by atoms with Crippen LogP contribution in [0.3, 0.4) is 0 Å². The zero-order valence-corrected chi connectivity index (χ0v) is 13.4. The van der Waals surface area contributed by atoms with Crippen LogP contribution in [0.15, 0.2) is 12.2 Å². The van der Waals surface area contributed by atoms with Crippen LogP contribution in [0.2, 0.25) is 0 Å². The van der Waals surface area contributed by atoms with Gasteiger partial charge in [-0.05, 0) is 32.6 Å². The largest absolute Gasteiger partial charge is 0.396 e. The van der Waals surface area contributed by atoms with Crippen LogP contribution in [0.1, 0.15) is 45.4 Å². The van der Waals surface area contributed by atoms with E-state index in [-0.39, 0.29) is 36.1 Å². The van der Waals surface area contributed by atoms with Crippen molar-refractivity contribution in [1.82, 2.24) is 10.6 Å². The van der Waals surface area contributed by atoms with E-state index in [2.05, 4.69) is 10.6 Å². The first-order chi connectivity index (χ1) is 10.7. The molecule has 2 fully saturated rings. The van der Waals surface area contributed by atoms with E-state index in [1.807, 2.05) is 19.1 Å². The third-order valence-electron chi connectivity index (χ3n) is 5.72. The maximum absolute atomic E-state index is 12.2. The molecule has 0 heterocycles. The highest BCUT2D eigenvalue weighted by molar-refractivity contribution is 5.75. The van der Waals surface area contributed by atoms with Crippen LogP contribution in [0.4, 0.5) is 4.79 Å². The van der Waals surface area contributed by atoms with Gasteiger partial charge in [-0.15, -0.1) is 0 Å². The Labute approximate surface area is 132 Å². The summed E-state index contributed by atoms with van der Waals surface area (Å²) in [5.41, 5.74) is 0.173. The molecular formula is C17H28N2O3. The smallest absolute Gasteiger partial charge is 0.315 e. The van der Waals surface area contributed by atoms with Crippen LogP contribution >= 0.6 is 0 Å². The molecule has 2 unspecified atom stereocenters. The molecule has 1 spiro atoms. The van der Waals surface area contributed by atoms with Crippen LogP contribution in [0.5, 0.6) is 0 Å². The molecule has 5 heteroatoms. The maximum Gasteiger partial charge on any atom is 0.315 e. The van der Waals surface area contributed by atoms with Crippen molar-refractivity contribution in [2.24, 2.45) is 11.3 Å². The molecule has 3 rings (SSSR count). The van der Waals surface area contributed by atoms with Crippen LogP contribution in [-0.4, -0.2) is 42.5 Å². The molecule has 124 valence electrons. The molecular weight excluding hydrogens is 280 g/mol. The molecule has 0 aromatic rings. The van der Waals surface area contributed by atoms with Gasteiger partial charge in [-0.3, -0.25) is 0 Å². The number of hydrogen-bond acceptors (Lipinski definition) is 3. The number of amides is 2. The summed E-state index contributed by atoms with van der Waals surface area (Å²) < 4.78 is 5.88. The van der Waals surface area contributed by atoms with Gasteiger partial charge in [-0.25, -0.2) is 4.79 Å². The van der Waals surface area contributed by atoms with Gasteiger partial charge in [0.05, 0.1) is 6.10 Å². The summed E-state index contributed by atoms with van der Waals surface area (Å²) in [5, 5.41) is 15.3. The molecule has 3 aliphatic rings. The van der Waals surface area contributed by atoms with E-state index in [0.29, 0.717) is 6.10 Å². The fraction of sp³-hybridized carbons (Fsp3) is 0.824. The highest BCUT2D eigenvalue weighted by atomic mass is 16.5. The second-order valence-corrected chi connectivity index (χ2v) is 6.96. The molecule has 2 amide bonds. The Morgan fingerprint density at radius 1 is 1.27 bits per heavy atom. The first-order valence-electron chi connectivity index (χ1n) is 8.65. The summed E-state index contributed by atoms with van der Waals surface area (Å²) in [5.74, 6) is 0.178. The maximum atomic E-state index is 12.2. The number of carbonyl (C=O) groups is 1. The van der Waals surface area contributed by atoms with E-state index in [1.54, 1.807) is 0 Å². The minimum atomic E-state index is -0.0838. The number of rotatable bonds is 5. The fourth-order valence-corrected chi connectivity index (χ4v) is 4.47. The van der Waals surface area contributed by atoms with Gasteiger partial charge in [0.25, 0.3) is 0 Å². The van der Waals surface area contributed by atoms with Crippen LogP contribution in [0, 0.1) is 11.3 Å². The van der Waals surface area contributed by atoms with Gasteiger partial charge >= 0.3 is 6.03 Å². The second kappa shape index (κ2) is 6.59. The van der Waals surface area contributed by atoms with Crippen molar-refractivity contribution in [1.29, 1.82) is 0 Å². The summed E-state index contributed by atoms with van der Waals surface area (Å²) in [6, 6.07) is 0.199. The first-order valence-corrected chi connectivity index (χ1v) is 8.65. The molecule has 0 bridgehead atoms. The van der Waals surface area contributed by atoms with E-state index in [0.717, 1.165) is 19.4 Å². The molecule has 0 aromatic carbocycles. The van der Waals surface area contributed by atoms with E-state index in [9.17, 15) is 4.79 Å². The lowest BCUT2D eigenvalue weighted by molar-refractivity contribution is -0.126. The molecule has 0 saturated heterocycles. The topological polar surface area (TPSA) is 70.6 Å². The predicted molar refractivity (Wildman–Crippen MR) is 84.5 cm³/mol. The van der Waals surface area contributed by atoms with Crippen molar-refractivity contribution < 1.29 is 14.6 Å². The van der Waals surface area contributed by atoms with Crippen molar-refractivity contribution in [2.45, 2.75) is 63.6 Å². The van der Waals surface area contributed by atoms with Crippen molar-refractivity contribution >= 4 is 6.03 Å². The van der Waals surface area contributed by atoms with Gasteiger partial charge in [-0.2, -0.15) is 0 Å². The van der Waals surface area contributed by atoms with Gasteiger partial charge in [0.2, 0.25) is 0 Å². The Kier molecular flexibility index (Phi) is 4.73. The highest BCUT2D eigenvalue weighted by Crippen LogP contribution is 2.54. The minimum absolute atomic E-state index is 0.0412. The van der Waals surface area contributed by atoms with Crippen LogP contribution < -0.4 is 10.6 Å². The Bertz CT molecular complexity index is 432. The summed E-state index contributed by atoms with van der Waals surface area (Å²) in [4.78, 5) is 12.2. The van der Waals surface area contributed by atoms with Gasteiger partial charge in [0, 0.05) is 36.6 Å². The number of aliphatic hydroxyl groups excluding tert-OH is 1. The van der Waals surface area contributed by atoms with Crippen LogP contribution in [0.25, 0.3) is 0 Å².